The molecule has 0 amide bonds. The van der Waals surface area contributed by atoms with Gasteiger partial charge in [-0.3, -0.25) is 4.79 Å². The first-order chi connectivity index (χ1) is 5.63. The molecule has 1 rings (SSSR count). The number of carbonyl (C=O) groups is 2. The van der Waals surface area contributed by atoms with Gasteiger partial charge in [-0.25, -0.2) is 4.79 Å². The number of Topliss-reactive ketones (excluding diaryl/α,β-unsaturated/α-hetero) is 1. The van der Waals surface area contributed by atoms with E-state index in [0.29, 0.717) is 0 Å². The summed E-state index contributed by atoms with van der Waals surface area (Å²) >= 11 is 0. The van der Waals surface area contributed by atoms with Crippen molar-refractivity contribution in [1.82, 2.24) is 0 Å². The van der Waals surface area contributed by atoms with Gasteiger partial charge in [0, 0.05) is 6.42 Å². The zero-order valence-electron chi connectivity index (χ0n) is 6.24. The number of carboxylic acids is 1. The largest absolute Gasteiger partial charge is 0.501 e. The highest BCUT2D eigenvalue weighted by Crippen LogP contribution is 2.11. The van der Waals surface area contributed by atoms with Crippen molar-refractivity contribution in [1.29, 1.82) is 0 Å². The van der Waals surface area contributed by atoms with Gasteiger partial charge in [0.05, 0.1) is 18.8 Å². The summed E-state index contributed by atoms with van der Waals surface area (Å²) in [5, 5.41) is 17.2. The summed E-state index contributed by atoms with van der Waals surface area (Å²) in [6.45, 7) is 0.173. The summed E-state index contributed by atoms with van der Waals surface area (Å²) < 4.78 is 4.82. The normalized spacial score (nSPS) is 22.2. The van der Waals surface area contributed by atoms with Gasteiger partial charge in [-0.2, -0.15) is 0 Å². The maximum Gasteiger partial charge on any atom is 0.371 e. The van der Waals surface area contributed by atoms with Crippen molar-refractivity contribution in [3.05, 3.63) is 11.3 Å². The third-order valence-corrected chi connectivity index (χ3v) is 1.54. The zero-order valence-corrected chi connectivity index (χ0v) is 6.24. The topological polar surface area (TPSA) is 83.8 Å². The number of hydrogen-bond acceptors (Lipinski definition) is 4. The van der Waals surface area contributed by atoms with Crippen LogP contribution in [0.4, 0.5) is 0 Å². The Kier molecular flexibility index (Phi) is 2.44. The van der Waals surface area contributed by atoms with Crippen molar-refractivity contribution in [2.75, 3.05) is 13.2 Å². The number of ketones is 1. The molecule has 0 radical (unpaired) electrons. The van der Waals surface area contributed by atoms with E-state index in [1.54, 1.807) is 0 Å². The molecule has 0 unspecified atom stereocenters. The second-order valence-corrected chi connectivity index (χ2v) is 2.36. The van der Waals surface area contributed by atoms with Gasteiger partial charge in [-0.15, -0.1) is 0 Å². The monoisotopic (exact) mass is 172 g/mol. The van der Waals surface area contributed by atoms with Crippen LogP contribution in [0.2, 0.25) is 0 Å². The second-order valence-electron chi connectivity index (χ2n) is 2.36. The van der Waals surface area contributed by atoms with Crippen LogP contribution in [0.5, 0.6) is 0 Å². The van der Waals surface area contributed by atoms with Gasteiger partial charge in [0.15, 0.2) is 5.78 Å². The van der Waals surface area contributed by atoms with Gasteiger partial charge in [-0.1, -0.05) is 0 Å². The fourth-order valence-corrected chi connectivity index (χ4v) is 0.900. The van der Waals surface area contributed by atoms with Crippen molar-refractivity contribution in [2.24, 2.45) is 0 Å². The molecule has 0 atom stereocenters. The summed E-state index contributed by atoms with van der Waals surface area (Å²) in [7, 11) is 0. The van der Waals surface area contributed by atoms with Crippen molar-refractivity contribution in [3.8, 4) is 0 Å². The Balaban J connectivity index is 2.90. The molecule has 0 aliphatic carbocycles. The van der Waals surface area contributed by atoms with Crippen molar-refractivity contribution in [2.45, 2.75) is 6.42 Å². The maximum atomic E-state index is 11.0. The molecule has 1 saturated heterocycles. The molecule has 1 aliphatic heterocycles. The Morgan fingerprint density at radius 3 is 2.58 bits per heavy atom. The number of ether oxygens (including phenoxy) is 1. The van der Waals surface area contributed by atoms with Crippen LogP contribution >= 0.6 is 0 Å². The maximum absolute atomic E-state index is 11.0. The zero-order chi connectivity index (χ0) is 9.14. The van der Waals surface area contributed by atoms with Gasteiger partial charge in [0.25, 0.3) is 0 Å². The average Bonchev–Trinajstić information content (AvgIpc) is 2.04. The Bertz CT molecular complexity index is 253. The summed E-state index contributed by atoms with van der Waals surface area (Å²) in [5.74, 6) is -2.76. The first-order valence-electron chi connectivity index (χ1n) is 3.39. The summed E-state index contributed by atoms with van der Waals surface area (Å²) in [6, 6.07) is 0. The molecule has 0 bridgehead atoms. The molecule has 0 aromatic rings. The molecule has 0 aromatic carbocycles. The molecule has 0 spiro atoms. The summed E-state index contributed by atoms with van der Waals surface area (Å²) in [5.41, 5.74) is -0.145. The van der Waals surface area contributed by atoms with Crippen LogP contribution < -0.4 is 0 Å². The van der Waals surface area contributed by atoms with Gasteiger partial charge < -0.3 is 14.9 Å². The lowest BCUT2D eigenvalue weighted by Gasteiger charge is -2.13. The molecule has 12 heavy (non-hydrogen) atoms. The van der Waals surface area contributed by atoms with E-state index in [4.69, 9.17) is 14.9 Å². The Morgan fingerprint density at radius 2 is 2.08 bits per heavy atom. The molecular weight excluding hydrogens is 164 g/mol. The SMILES string of the molecule is O=C(O)C(O)=C1COCCC1=O. The Labute approximate surface area is 68.3 Å². The lowest BCUT2D eigenvalue weighted by atomic mass is 10.1. The standard InChI is InChI=1S/C7H8O5/c8-5-1-2-12-3-4(5)6(9)7(10)11/h9H,1-3H2,(H,10,11). The molecular formula is C7H8O5. The van der Waals surface area contributed by atoms with Crippen LogP contribution in [0.15, 0.2) is 11.3 Å². The highest BCUT2D eigenvalue weighted by molar-refractivity contribution is 6.02. The van der Waals surface area contributed by atoms with Crippen LogP contribution in [0.3, 0.4) is 0 Å². The molecule has 0 saturated carbocycles. The smallest absolute Gasteiger partial charge is 0.371 e. The van der Waals surface area contributed by atoms with Crippen LogP contribution in [0, 0.1) is 0 Å². The molecule has 0 aromatic heterocycles. The van der Waals surface area contributed by atoms with E-state index in [1.165, 1.54) is 0 Å². The van der Waals surface area contributed by atoms with E-state index in [1.807, 2.05) is 0 Å². The first kappa shape index (κ1) is 8.73. The Hall–Kier alpha value is -1.36. The van der Waals surface area contributed by atoms with E-state index in [0.717, 1.165) is 0 Å². The van der Waals surface area contributed by atoms with Crippen LogP contribution in [-0.4, -0.2) is 35.2 Å². The van der Waals surface area contributed by atoms with Crippen molar-refractivity contribution < 1.29 is 24.5 Å². The molecule has 1 heterocycles. The highest BCUT2D eigenvalue weighted by Gasteiger charge is 2.23. The quantitative estimate of drug-likeness (QED) is 0.425. The minimum absolute atomic E-state index is 0.114. The first-order valence-corrected chi connectivity index (χ1v) is 3.39. The van der Waals surface area contributed by atoms with Gasteiger partial charge >= 0.3 is 5.97 Å². The predicted octanol–water partition coefficient (Wildman–Crippen LogP) is -0.127. The van der Waals surface area contributed by atoms with Crippen molar-refractivity contribution >= 4 is 11.8 Å². The van der Waals surface area contributed by atoms with E-state index >= 15 is 0 Å². The third kappa shape index (κ3) is 1.62. The number of aliphatic hydroxyl groups is 1. The average molecular weight is 172 g/mol. The molecule has 1 aliphatic rings. The summed E-state index contributed by atoms with van der Waals surface area (Å²) in [6.07, 6.45) is 0.132. The number of aliphatic hydroxyl groups excluding tert-OH is 1. The van der Waals surface area contributed by atoms with Gasteiger partial charge in [-0.05, 0) is 0 Å². The van der Waals surface area contributed by atoms with E-state index in [-0.39, 0.29) is 31.0 Å². The number of aliphatic carboxylic acids is 1. The second kappa shape index (κ2) is 3.36. The molecule has 5 heteroatoms. The lowest BCUT2D eigenvalue weighted by Crippen LogP contribution is -2.22. The number of rotatable bonds is 1. The predicted molar refractivity (Wildman–Crippen MR) is 37.7 cm³/mol. The Morgan fingerprint density at radius 1 is 1.42 bits per heavy atom. The van der Waals surface area contributed by atoms with Crippen LogP contribution in [0.1, 0.15) is 6.42 Å². The minimum Gasteiger partial charge on any atom is -0.501 e. The molecule has 1 fully saturated rings. The number of hydrogen-bond donors (Lipinski definition) is 2. The fraction of sp³-hybridized carbons (Fsp3) is 0.429. The van der Waals surface area contributed by atoms with E-state index in [9.17, 15) is 9.59 Å². The van der Waals surface area contributed by atoms with Crippen LogP contribution in [0.25, 0.3) is 0 Å². The number of carboxylic acid groups (broad SMARTS) is 1. The third-order valence-electron chi connectivity index (χ3n) is 1.54. The van der Waals surface area contributed by atoms with Gasteiger partial charge in [0.1, 0.15) is 0 Å². The van der Waals surface area contributed by atoms with Gasteiger partial charge in [0.2, 0.25) is 5.76 Å². The van der Waals surface area contributed by atoms with E-state index in [2.05, 4.69) is 0 Å². The molecule has 5 nitrogen and oxygen atoms in total. The lowest BCUT2D eigenvalue weighted by molar-refractivity contribution is -0.136. The summed E-state index contributed by atoms with van der Waals surface area (Å²) in [4.78, 5) is 21.2. The highest BCUT2D eigenvalue weighted by atomic mass is 16.5. The molecule has 2 N–H and O–H groups in total. The van der Waals surface area contributed by atoms with Crippen LogP contribution in [-0.2, 0) is 14.3 Å². The fourth-order valence-electron chi connectivity index (χ4n) is 0.900. The minimum atomic E-state index is -1.50. The molecule has 66 valence electrons. The van der Waals surface area contributed by atoms with Crippen molar-refractivity contribution in [3.63, 3.8) is 0 Å². The van der Waals surface area contributed by atoms with E-state index < -0.39 is 11.7 Å². The number of carbonyl (C=O) groups excluding carboxylic acids is 1.